The SMILES string of the molecule is NC[C@@H]1CN(C(=O)[C@H]2COc3ccccc32)CCO1. The van der Waals surface area contributed by atoms with Crippen molar-refractivity contribution in [2.75, 3.05) is 32.8 Å². The fourth-order valence-electron chi connectivity index (χ4n) is 2.65. The summed E-state index contributed by atoms with van der Waals surface area (Å²) in [5.41, 5.74) is 6.60. The van der Waals surface area contributed by atoms with Gasteiger partial charge in [0.1, 0.15) is 18.3 Å². The van der Waals surface area contributed by atoms with Gasteiger partial charge in [0.25, 0.3) is 0 Å². The third-order valence-electron chi connectivity index (χ3n) is 3.71. The highest BCUT2D eigenvalue weighted by atomic mass is 16.5. The van der Waals surface area contributed by atoms with Crippen LogP contribution < -0.4 is 10.5 Å². The largest absolute Gasteiger partial charge is 0.492 e. The first-order valence-electron chi connectivity index (χ1n) is 6.62. The molecule has 2 heterocycles. The number of hydrogen-bond acceptors (Lipinski definition) is 4. The molecule has 0 aromatic heterocycles. The fourth-order valence-corrected chi connectivity index (χ4v) is 2.65. The van der Waals surface area contributed by atoms with Crippen molar-refractivity contribution in [2.24, 2.45) is 5.73 Å². The summed E-state index contributed by atoms with van der Waals surface area (Å²) in [6, 6.07) is 7.73. The topological polar surface area (TPSA) is 64.8 Å². The number of nitrogens with two attached hydrogens (primary N) is 1. The Morgan fingerprint density at radius 2 is 2.26 bits per heavy atom. The van der Waals surface area contributed by atoms with Crippen molar-refractivity contribution in [1.82, 2.24) is 4.90 Å². The standard InChI is InChI=1S/C14H18N2O3/c15-7-10-8-16(5-6-18-10)14(17)12-9-19-13-4-2-1-3-11(12)13/h1-4,10,12H,5-9,15H2/t10-,12+/m1/s1. The number of nitrogens with zero attached hydrogens (tertiary/aromatic N) is 1. The number of morpholine rings is 1. The molecule has 0 saturated carbocycles. The van der Waals surface area contributed by atoms with Crippen LogP contribution in [0.3, 0.4) is 0 Å². The molecule has 2 atom stereocenters. The predicted molar refractivity (Wildman–Crippen MR) is 70.1 cm³/mol. The fraction of sp³-hybridized carbons (Fsp3) is 0.500. The van der Waals surface area contributed by atoms with Crippen LogP contribution in [0.2, 0.25) is 0 Å². The molecule has 2 aliphatic rings. The molecule has 2 N–H and O–H groups in total. The lowest BCUT2D eigenvalue weighted by Crippen LogP contribution is -2.49. The van der Waals surface area contributed by atoms with Gasteiger partial charge in [-0.3, -0.25) is 4.79 Å². The Balaban J connectivity index is 1.75. The lowest BCUT2D eigenvalue weighted by atomic mass is 9.99. The smallest absolute Gasteiger partial charge is 0.233 e. The number of fused-ring (bicyclic) bond motifs is 1. The van der Waals surface area contributed by atoms with Gasteiger partial charge in [0.15, 0.2) is 0 Å². The predicted octanol–water partition coefficient (Wildman–Crippen LogP) is 0.349. The van der Waals surface area contributed by atoms with Crippen LogP contribution in [0, 0.1) is 0 Å². The molecule has 1 aromatic carbocycles. The molecule has 0 aliphatic carbocycles. The van der Waals surface area contributed by atoms with E-state index in [1.807, 2.05) is 29.2 Å². The minimum absolute atomic E-state index is 0.0461. The van der Waals surface area contributed by atoms with E-state index in [2.05, 4.69) is 0 Å². The van der Waals surface area contributed by atoms with Crippen LogP contribution in [0.1, 0.15) is 11.5 Å². The van der Waals surface area contributed by atoms with Crippen molar-refractivity contribution in [3.63, 3.8) is 0 Å². The first-order chi connectivity index (χ1) is 9.29. The number of rotatable bonds is 2. The van der Waals surface area contributed by atoms with Gasteiger partial charge in [-0.1, -0.05) is 18.2 Å². The summed E-state index contributed by atoms with van der Waals surface area (Å²) in [5, 5.41) is 0. The van der Waals surface area contributed by atoms with Gasteiger partial charge in [0.2, 0.25) is 5.91 Å². The van der Waals surface area contributed by atoms with Gasteiger partial charge in [-0.25, -0.2) is 0 Å². The maximum absolute atomic E-state index is 12.6. The van der Waals surface area contributed by atoms with Crippen LogP contribution in [0.25, 0.3) is 0 Å². The van der Waals surface area contributed by atoms with Crippen LogP contribution in [0.15, 0.2) is 24.3 Å². The number of amides is 1. The van der Waals surface area contributed by atoms with Crippen LogP contribution in [-0.4, -0.2) is 49.8 Å². The average Bonchev–Trinajstić information content (AvgIpc) is 2.90. The summed E-state index contributed by atoms with van der Waals surface area (Å²) >= 11 is 0. The number of carbonyl (C=O) groups is 1. The summed E-state index contributed by atoms with van der Waals surface area (Å²) in [4.78, 5) is 14.4. The summed E-state index contributed by atoms with van der Waals surface area (Å²) in [6.45, 7) is 2.65. The molecule has 102 valence electrons. The van der Waals surface area contributed by atoms with Crippen molar-refractivity contribution < 1.29 is 14.3 Å². The van der Waals surface area contributed by atoms with Gasteiger partial charge in [-0.15, -0.1) is 0 Å². The zero-order valence-corrected chi connectivity index (χ0v) is 10.7. The molecule has 1 saturated heterocycles. The Labute approximate surface area is 112 Å². The summed E-state index contributed by atoms with van der Waals surface area (Å²) < 4.78 is 11.1. The van der Waals surface area contributed by atoms with E-state index in [1.54, 1.807) is 0 Å². The van der Waals surface area contributed by atoms with E-state index in [9.17, 15) is 4.79 Å². The Morgan fingerprint density at radius 3 is 3.11 bits per heavy atom. The van der Waals surface area contributed by atoms with Crippen molar-refractivity contribution in [1.29, 1.82) is 0 Å². The third kappa shape index (κ3) is 2.31. The van der Waals surface area contributed by atoms with E-state index in [4.69, 9.17) is 15.2 Å². The highest BCUT2D eigenvalue weighted by molar-refractivity contribution is 5.85. The van der Waals surface area contributed by atoms with Crippen molar-refractivity contribution >= 4 is 5.91 Å². The highest BCUT2D eigenvalue weighted by Crippen LogP contribution is 2.34. The lowest BCUT2D eigenvalue weighted by Gasteiger charge is -2.33. The third-order valence-corrected chi connectivity index (χ3v) is 3.71. The zero-order chi connectivity index (χ0) is 13.2. The lowest BCUT2D eigenvalue weighted by molar-refractivity contribution is -0.140. The maximum atomic E-state index is 12.6. The molecule has 19 heavy (non-hydrogen) atoms. The quantitative estimate of drug-likeness (QED) is 0.835. The summed E-state index contributed by atoms with van der Waals surface area (Å²) in [7, 11) is 0. The number of carbonyl (C=O) groups excluding carboxylic acids is 1. The highest BCUT2D eigenvalue weighted by Gasteiger charge is 2.35. The average molecular weight is 262 g/mol. The first kappa shape index (κ1) is 12.4. The second-order valence-electron chi connectivity index (χ2n) is 4.91. The molecule has 5 nitrogen and oxygen atoms in total. The molecule has 0 unspecified atom stereocenters. The van der Waals surface area contributed by atoms with Gasteiger partial charge in [-0.05, 0) is 6.07 Å². The van der Waals surface area contributed by atoms with Gasteiger partial charge in [-0.2, -0.15) is 0 Å². The van der Waals surface area contributed by atoms with Crippen LogP contribution >= 0.6 is 0 Å². The molecule has 5 heteroatoms. The second kappa shape index (κ2) is 5.19. The Morgan fingerprint density at radius 1 is 1.42 bits per heavy atom. The van der Waals surface area contributed by atoms with E-state index in [1.165, 1.54) is 0 Å². The molecule has 2 aliphatic heterocycles. The van der Waals surface area contributed by atoms with E-state index in [0.717, 1.165) is 11.3 Å². The van der Waals surface area contributed by atoms with Gasteiger partial charge >= 0.3 is 0 Å². The molecule has 0 spiro atoms. The summed E-state index contributed by atoms with van der Waals surface area (Å²) in [6.07, 6.45) is -0.0461. The van der Waals surface area contributed by atoms with E-state index in [-0.39, 0.29) is 17.9 Å². The van der Waals surface area contributed by atoms with Crippen molar-refractivity contribution in [3.05, 3.63) is 29.8 Å². The van der Waals surface area contributed by atoms with Gasteiger partial charge < -0.3 is 20.1 Å². The molecule has 0 radical (unpaired) electrons. The van der Waals surface area contributed by atoms with Crippen LogP contribution in [0.5, 0.6) is 5.75 Å². The monoisotopic (exact) mass is 262 g/mol. The zero-order valence-electron chi connectivity index (χ0n) is 10.7. The maximum Gasteiger partial charge on any atom is 0.233 e. The molecule has 3 rings (SSSR count). The normalized spacial score (nSPS) is 25.8. The van der Waals surface area contributed by atoms with Crippen molar-refractivity contribution in [3.8, 4) is 5.75 Å². The first-order valence-corrected chi connectivity index (χ1v) is 6.62. The van der Waals surface area contributed by atoms with E-state index >= 15 is 0 Å². The second-order valence-corrected chi connectivity index (χ2v) is 4.91. The van der Waals surface area contributed by atoms with Crippen molar-refractivity contribution in [2.45, 2.75) is 12.0 Å². The minimum Gasteiger partial charge on any atom is -0.492 e. The van der Waals surface area contributed by atoms with Gasteiger partial charge in [0, 0.05) is 25.2 Å². The minimum atomic E-state index is -0.187. The molecular formula is C14H18N2O3. The van der Waals surface area contributed by atoms with E-state index < -0.39 is 0 Å². The Bertz CT molecular complexity index is 478. The summed E-state index contributed by atoms with van der Waals surface area (Å²) in [5.74, 6) is 0.754. The number of para-hydroxylation sites is 1. The number of ether oxygens (including phenoxy) is 2. The molecular weight excluding hydrogens is 244 g/mol. The molecule has 0 bridgehead atoms. The number of hydrogen-bond donors (Lipinski definition) is 1. The van der Waals surface area contributed by atoms with Crippen LogP contribution in [0.4, 0.5) is 0 Å². The molecule has 1 amide bonds. The Hall–Kier alpha value is -1.59. The van der Waals surface area contributed by atoms with Crippen LogP contribution in [-0.2, 0) is 9.53 Å². The molecule has 1 fully saturated rings. The number of benzene rings is 1. The van der Waals surface area contributed by atoms with E-state index in [0.29, 0.717) is 32.8 Å². The molecule has 1 aromatic rings. The van der Waals surface area contributed by atoms with Gasteiger partial charge in [0.05, 0.1) is 12.7 Å². The Kier molecular flexibility index (Phi) is 3.40.